The summed E-state index contributed by atoms with van der Waals surface area (Å²) in [6.45, 7) is 3.39. The molecule has 8 aromatic carbocycles. The van der Waals surface area contributed by atoms with Gasteiger partial charge in [-0.05, 0) is 49.2 Å². The van der Waals surface area contributed by atoms with Crippen molar-refractivity contribution < 1.29 is 0 Å². The maximum absolute atomic E-state index is 12.2. The fourth-order valence-corrected chi connectivity index (χ4v) is 12.4. The zero-order valence-corrected chi connectivity index (χ0v) is 41.1. The Morgan fingerprint density at radius 1 is 0.403 bits per heavy atom. The smallest absolute Gasteiger partial charge is 0.328 e. The number of thiazole rings is 2. The molecular weight excluding hydrogens is 914 g/mol. The number of fused-ring (bicyclic) bond motifs is 3. The van der Waals surface area contributed by atoms with Crippen LogP contribution in [0.15, 0.2) is 218 Å². The first-order valence-corrected chi connectivity index (χ1v) is 25.6. The van der Waals surface area contributed by atoms with Crippen molar-refractivity contribution in [2.75, 3.05) is 0 Å². The van der Waals surface area contributed by atoms with Crippen LogP contribution in [0.5, 0.6) is 0 Å². The van der Waals surface area contributed by atoms with Gasteiger partial charge in [-0.15, -0.1) is 22.7 Å². The van der Waals surface area contributed by atoms with Gasteiger partial charge in [-0.25, -0.2) is 9.97 Å². The monoisotopic (exact) mass is 956 g/mol. The van der Waals surface area contributed by atoms with Crippen LogP contribution in [0.4, 0.5) is 0 Å². The second-order valence-corrected chi connectivity index (χ2v) is 20.0. The summed E-state index contributed by atoms with van der Waals surface area (Å²) in [5.41, 5.74) is 12.4. The molecule has 10 heteroatoms. The lowest BCUT2D eigenvalue weighted by Crippen LogP contribution is -2.54. The zero-order valence-electron chi connectivity index (χ0n) is 39.4. The summed E-state index contributed by atoms with van der Waals surface area (Å²) >= 11 is 3.05. The molecule has 0 aliphatic heterocycles. The normalized spacial score (nSPS) is 12.2. The van der Waals surface area contributed by atoms with E-state index in [1.807, 2.05) is 60.7 Å². The highest BCUT2D eigenvalue weighted by Crippen LogP contribution is 2.39. The summed E-state index contributed by atoms with van der Waals surface area (Å²) in [4.78, 5) is 10.6. The molecule has 0 aliphatic rings. The molecule has 0 N–H and O–H groups in total. The SMILES string of the molecule is Cc1ccccc1-c1c2/c(=C(\C#N)c3nc4ccccc4s3)n(B(c3ccccc3)c3ccccc3)c(-c3ccccc3C)c2/c(=C(\C#N)c2nc3ccccc3s2)n1B(c1ccccc1)c1ccccc1. The van der Waals surface area contributed by atoms with Crippen LogP contribution in [0, 0.1) is 36.5 Å². The second-order valence-electron chi connectivity index (χ2n) is 17.9. The molecule has 0 saturated carbocycles. The molecule has 12 rings (SSSR count). The van der Waals surface area contributed by atoms with Crippen LogP contribution in [0.2, 0.25) is 0 Å². The standard InChI is InChI=1S/C62H42B2N6S2/c1-41-23-15-17-33-47(41)57-55-56(60(50(40-66)62-68-52-36-20-22-38-54(52)72-62)69(57)63(43-25-7-3-8-26-43)44-27-9-4-10-28-44)58(48-34-18-16-24-42(48)2)70(64(45-29-11-5-12-30-45)46-31-13-6-14-32-46)59(55)49(39-65)61-67-51-35-19-21-37-53(51)71-61/h3-38H,1-2H3/b59-49-,60-50-. The van der Waals surface area contributed by atoms with Crippen LogP contribution in [0.3, 0.4) is 0 Å². The average Bonchev–Trinajstić information content (AvgIpc) is 4.21. The summed E-state index contributed by atoms with van der Waals surface area (Å²) in [5.74, 6) is 0. The quantitative estimate of drug-likeness (QED) is 0.128. The maximum Gasteiger partial charge on any atom is 0.328 e. The number of hydrogen-bond acceptors (Lipinski definition) is 6. The summed E-state index contributed by atoms with van der Waals surface area (Å²) < 4.78 is 6.78. The molecule has 0 aliphatic carbocycles. The molecule has 0 radical (unpaired) electrons. The molecule has 0 saturated heterocycles. The van der Waals surface area contributed by atoms with Crippen molar-refractivity contribution in [2.45, 2.75) is 13.8 Å². The molecule has 12 aromatic rings. The molecule has 4 aromatic heterocycles. The summed E-state index contributed by atoms with van der Waals surface area (Å²) in [7, 11) is 0. The third-order valence-electron chi connectivity index (χ3n) is 13.7. The summed E-state index contributed by atoms with van der Waals surface area (Å²) in [6.07, 6.45) is 0. The first kappa shape index (κ1) is 44.4. The van der Waals surface area contributed by atoms with Crippen LogP contribution in [0.1, 0.15) is 21.1 Å². The van der Waals surface area contributed by atoms with Gasteiger partial charge in [0.15, 0.2) is 0 Å². The predicted octanol–water partition coefficient (Wildman–Crippen LogP) is 10.4. The van der Waals surface area contributed by atoms with E-state index in [2.05, 4.69) is 193 Å². The Balaban J connectivity index is 1.47. The lowest BCUT2D eigenvalue weighted by atomic mass is 9.50. The molecule has 0 bridgehead atoms. The van der Waals surface area contributed by atoms with Gasteiger partial charge in [0.25, 0.3) is 0 Å². The molecule has 0 unspecified atom stereocenters. The van der Waals surface area contributed by atoms with E-state index in [1.54, 1.807) is 0 Å². The van der Waals surface area contributed by atoms with Crippen molar-refractivity contribution in [3.8, 4) is 34.7 Å². The number of para-hydroxylation sites is 2. The Morgan fingerprint density at radius 2 is 0.708 bits per heavy atom. The Labute approximate surface area is 426 Å². The lowest BCUT2D eigenvalue weighted by molar-refractivity contribution is 1.12. The van der Waals surface area contributed by atoms with Gasteiger partial charge in [0, 0.05) is 33.3 Å². The van der Waals surface area contributed by atoms with E-state index in [0.29, 0.717) is 31.9 Å². The number of aromatic nitrogens is 4. The molecule has 0 atom stereocenters. The van der Waals surface area contributed by atoms with Crippen LogP contribution in [-0.4, -0.2) is 32.6 Å². The molecule has 72 heavy (non-hydrogen) atoms. The molecule has 4 heterocycles. The van der Waals surface area contributed by atoms with Crippen LogP contribution < -0.4 is 32.5 Å². The van der Waals surface area contributed by atoms with E-state index in [9.17, 15) is 10.5 Å². The van der Waals surface area contributed by atoms with Crippen molar-refractivity contribution >= 4 is 101 Å². The first-order valence-electron chi connectivity index (χ1n) is 23.9. The third kappa shape index (κ3) is 7.57. The highest BCUT2D eigenvalue weighted by molar-refractivity contribution is 7.20. The van der Waals surface area contributed by atoms with E-state index in [1.165, 1.54) is 22.7 Å². The van der Waals surface area contributed by atoms with Crippen LogP contribution in [0.25, 0.3) is 64.9 Å². The average molecular weight is 957 g/mol. The molecule has 6 nitrogen and oxygen atoms in total. The molecule has 0 fully saturated rings. The fraction of sp³-hybridized carbons (Fsp3) is 0.0323. The summed E-state index contributed by atoms with van der Waals surface area (Å²) in [5, 5.41) is 28.7. The van der Waals surface area contributed by atoms with E-state index < -0.39 is 13.7 Å². The minimum Gasteiger partial charge on any atom is -0.374 e. The number of hydrogen-bond donors (Lipinski definition) is 0. The van der Waals surface area contributed by atoms with Gasteiger partial charge in [0.05, 0.1) is 31.1 Å². The minimum absolute atomic E-state index is 0.436. The lowest BCUT2D eigenvalue weighted by Gasteiger charge is -2.25. The molecular formula is C62H42B2N6S2. The molecule has 0 spiro atoms. The van der Waals surface area contributed by atoms with Gasteiger partial charge in [0.1, 0.15) is 33.3 Å². The van der Waals surface area contributed by atoms with E-state index in [4.69, 9.17) is 9.97 Å². The number of nitriles is 2. The van der Waals surface area contributed by atoms with Crippen molar-refractivity contribution in [3.05, 3.63) is 250 Å². The van der Waals surface area contributed by atoms with E-state index in [0.717, 1.165) is 86.7 Å². The van der Waals surface area contributed by atoms with Crippen LogP contribution >= 0.6 is 22.7 Å². The number of rotatable bonds is 10. The number of nitrogens with zero attached hydrogens (tertiary/aromatic N) is 6. The maximum atomic E-state index is 12.2. The van der Waals surface area contributed by atoms with Gasteiger partial charge in [-0.2, -0.15) is 10.5 Å². The Kier molecular flexibility index (Phi) is 11.6. The largest absolute Gasteiger partial charge is 0.374 e. The Hall–Kier alpha value is -8.79. The third-order valence-corrected chi connectivity index (χ3v) is 15.8. The highest BCUT2D eigenvalue weighted by Gasteiger charge is 2.38. The summed E-state index contributed by atoms with van der Waals surface area (Å²) in [6, 6.07) is 81.1. The first-order chi connectivity index (χ1) is 35.5. The van der Waals surface area contributed by atoms with Crippen molar-refractivity contribution in [1.29, 1.82) is 10.5 Å². The highest BCUT2D eigenvalue weighted by atomic mass is 32.1. The number of aryl methyl sites for hydroxylation is 2. The van der Waals surface area contributed by atoms with Crippen molar-refractivity contribution in [1.82, 2.24) is 18.9 Å². The van der Waals surface area contributed by atoms with E-state index >= 15 is 0 Å². The predicted molar refractivity (Wildman–Crippen MR) is 302 cm³/mol. The van der Waals surface area contributed by atoms with Crippen LogP contribution in [-0.2, 0) is 0 Å². The topological polar surface area (TPSA) is 83.2 Å². The molecule has 338 valence electrons. The Morgan fingerprint density at radius 3 is 1.03 bits per heavy atom. The van der Waals surface area contributed by atoms with Gasteiger partial charge >= 0.3 is 13.7 Å². The number of benzene rings is 8. The van der Waals surface area contributed by atoms with Gasteiger partial charge in [-0.3, -0.25) is 0 Å². The van der Waals surface area contributed by atoms with Gasteiger partial charge in [0.2, 0.25) is 0 Å². The fourth-order valence-electron chi connectivity index (χ4n) is 10.5. The van der Waals surface area contributed by atoms with Crippen molar-refractivity contribution in [2.24, 2.45) is 0 Å². The van der Waals surface area contributed by atoms with Gasteiger partial charge in [-0.1, -0.05) is 216 Å². The Bertz CT molecular complexity index is 3800. The van der Waals surface area contributed by atoms with Gasteiger partial charge < -0.3 is 8.96 Å². The van der Waals surface area contributed by atoms with E-state index in [-0.39, 0.29) is 0 Å². The second kappa shape index (κ2) is 18.8. The molecule has 0 amide bonds. The zero-order chi connectivity index (χ0) is 48.7. The minimum atomic E-state index is -0.458. The van der Waals surface area contributed by atoms with Crippen molar-refractivity contribution in [3.63, 3.8) is 0 Å².